The summed E-state index contributed by atoms with van der Waals surface area (Å²) in [5.74, 6) is 0.599. The molecule has 0 saturated heterocycles. The van der Waals surface area contributed by atoms with Gasteiger partial charge in [-0.1, -0.05) is 24.6 Å². The lowest BCUT2D eigenvalue weighted by Crippen LogP contribution is -2.23. The van der Waals surface area contributed by atoms with Crippen molar-refractivity contribution in [3.05, 3.63) is 52.8 Å². The lowest BCUT2D eigenvalue weighted by molar-refractivity contribution is 0.596. The molecule has 0 spiro atoms. The summed E-state index contributed by atoms with van der Waals surface area (Å²) in [6.45, 7) is 2.62. The van der Waals surface area contributed by atoms with Gasteiger partial charge in [-0.05, 0) is 24.1 Å². The molecular weight excluding hydrogens is 265 g/mol. The lowest BCUT2D eigenvalue weighted by Gasteiger charge is -2.12. The van der Waals surface area contributed by atoms with Gasteiger partial charge >= 0.3 is 0 Å². The highest BCUT2D eigenvalue weighted by atomic mass is 35.5. The van der Waals surface area contributed by atoms with Crippen LogP contribution in [-0.4, -0.2) is 15.6 Å². The molecule has 102 valence electrons. The van der Waals surface area contributed by atoms with Gasteiger partial charge < -0.3 is 10.3 Å². The highest BCUT2D eigenvalue weighted by Crippen LogP contribution is 2.19. The molecule has 0 fully saturated rings. The van der Waals surface area contributed by atoms with Gasteiger partial charge in [0.05, 0.1) is 6.54 Å². The van der Waals surface area contributed by atoms with Crippen molar-refractivity contribution >= 4 is 11.6 Å². The summed E-state index contributed by atoms with van der Waals surface area (Å²) in [4.78, 5) is 4.31. The Balaban J connectivity index is 2.17. The number of hydrogen-bond donors (Lipinski definition) is 1. The number of hydrogen-bond acceptors (Lipinski definition) is 2. The van der Waals surface area contributed by atoms with E-state index in [0.717, 1.165) is 24.2 Å². The second-order valence-corrected chi connectivity index (χ2v) is 4.99. The average molecular weight is 282 g/mol. The SMILES string of the molecule is CCC(N)Cc1nccn1Cc1ccc(F)cc1Cl. The molecule has 0 aliphatic heterocycles. The van der Waals surface area contributed by atoms with E-state index >= 15 is 0 Å². The van der Waals surface area contributed by atoms with Crippen LogP contribution in [-0.2, 0) is 13.0 Å². The van der Waals surface area contributed by atoms with Crippen molar-refractivity contribution in [2.75, 3.05) is 0 Å². The zero-order chi connectivity index (χ0) is 13.8. The van der Waals surface area contributed by atoms with Crippen LogP contribution in [0, 0.1) is 5.82 Å². The average Bonchev–Trinajstić information content (AvgIpc) is 2.80. The van der Waals surface area contributed by atoms with E-state index in [1.807, 2.05) is 10.8 Å². The van der Waals surface area contributed by atoms with E-state index < -0.39 is 0 Å². The largest absolute Gasteiger partial charge is 0.330 e. The molecule has 1 unspecified atom stereocenters. The molecular formula is C14H17ClFN3. The van der Waals surface area contributed by atoms with Crippen LogP contribution in [0.3, 0.4) is 0 Å². The Labute approximate surface area is 117 Å². The summed E-state index contributed by atoms with van der Waals surface area (Å²) in [5.41, 5.74) is 6.82. The number of halogens is 2. The topological polar surface area (TPSA) is 43.8 Å². The monoisotopic (exact) mass is 281 g/mol. The first-order chi connectivity index (χ1) is 9.10. The maximum absolute atomic E-state index is 13.0. The normalized spacial score (nSPS) is 12.6. The second-order valence-electron chi connectivity index (χ2n) is 4.58. The zero-order valence-corrected chi connectivity index (χ0v) is 11.6. The number of nitrogens with zero attached hydrogens (tertiary/aromatic N) is 2. The van der Waals surface area contributed by atoms with Gasteiger partial charge in [-0.3, -0.25) is 0 Å². The van der Waals surface area contributed by atoms with E-state index in [2.05, 4.69) is 11.9 Å². The van der Waals surface area contributed by atoms with Crippen LogP contribution in [0.2, 0.25) is 5.02 Å². The molecule has 0 radical (unpaired) electrons. The van der Waals surface area contributed by atoms with Crippen LogP contribution in [0.4, 0.5) is 4.39 Å². The van der Waals surface area contributed by atoms with Gasteiger partial charge in [-0.25, -0.2) is 9.37 Å². The minimum atomic E-state index is -0.326. The first-order valence-electron chi connectivity index (χ1n) is 6.29. The summed E-state index contributed by atoms with van der Waals surface area (Å²) in [6, 6.07) is 4.53. The van der Waals surface area contributed by atoms with Crippen LogP contribution in [0.1, 0.15) is 24.7 Å². The number of imidazole rings is 1. The fraction of sp³-hybridized carbons (Fsp3) is 0.357. The van der Waals surface area contributed by atoms with Crippen LogP contribution in [0.25, 0.3) is 0 Å². The molecule has 3 nitrogen and oxygen atoms in total. The van der Waals surface area contributed by atoms with Crippen molar-refractivity contribution in [2.24, 2.45) is 5.73 Å². The third-order valence-electron chi connectivity index (χ3n) is 3.13. The maximum Gasteiger partial charge on any atom is 0.124 e. The number of aromatic nitrogens is 2. The molecule has 0 aliphatic carbocycles. The third kappa shape index (κ3) is 3.55. The Morgan fingerprint density at radius 1 is 1.47 bits per heavy atom. The fourth-order valence-electron chi connectivity index (χ4n) is 1.89. The molecule has 2 rings (SSSR count). The van der Waals surface area contributed by atoms with Crippen molar-refractivity contribution in [3.8, 4) is 0 Å². The van der Waals surface area contributed by atoms with E-state index in [1.54, 1.807) is 12.3 Å². The summed E-state index contributed by atoms with van der Waals surface area (Å²) in [5, 5.41) is 0.430. The van der Waals surface area contributed by atoms with Crippen molar-refractivity contribution in [1.82, 2.24) is 9.55 Å². The number of nitrogens with two attached hydrogens (primary N) is 1. The molecule has 0 bridgehead atoms. The quantitative estimate of drug-likeness (QED) is 0.915. The summed E-state index contributed by atoms with van der Waals surface area (Å²) in [7, 11) is 0. The molecule has 2 aromatic rings. The third-order valence-corrected chi connectivity index (χ3v) is 3.48. The van der Waals surface area contributed by atoms with Crippen molar-refractivity contribution in [3.63, 3.8) is 0 Å². The van der Waals surface area contributed by atoms with E-state index in [-0.39, 0.29) is 11.9 Å². The maximum atomic E-state index is 13.0. The Hall–Kier alpha value is -1.39. The molecule has 1 heterocycles. The van der Waals surface area contributed by atoms with Crippen LogP contribution in [0.15, 0.2) is 30.6 Å². The van der Waals surface area contributed by atoms with E-state index in [9.17, 15) is 4.39 Å². The lowest BCUT2D eigenvalue weighted by atomic mass is 10.1. The van der Waals surface area contributed by atoms with Gasteiger partial charge in [0.15, 0.2) is 0 Å². The molecule has 0 saturated carbocycles. The van der Waals surface area contributed by atoms with E-state index in [4.69, 9.17) is 17.3 Å². The van der Waals surface area contributed by atoms with Crippen molar-refractivity contribution < 1.29 is 4.39 Å². The molecule has 19 heavy (non-hydrogen) atoms. The minimum absolute atomic E-state index is 0.102. The second kappa shape index (κ2) is 6.17. The molecule has 2 N–H and O–H groups in total. The molecule has 1 atom stereocenters. The Morgan fingerprint density at radius 2 is 2.26 bits per heavy atom. The van der Waals surface area contributed by atoms with Gasteiger partial charge in [0, 0.05) is 29.9 Å². The van der Waals surface area contributed by atoms with Crippen LogP contribution < -0.4 is 5.73 Å². The molecule has 0 amide bonds. The van der Waals surface area contributed by atoms with Crippen molar-refractivity contribution in [1.29, 1.82) is 0 Å². The summed E-state index contributed by atoms with van der Waals surface area (Å²) >= 11 is 6.03. The fourth-order valence-corrected chi connectivity index (χ4v) is 2.11. The van der Waals surface area contributed by atoms with Crippen LogP contribution in [0.5, 0.6) is 0 Å². The predicted octanol–water partition coefficient (Wildman–Crippen LogP) is 3.00. The van der Waals surface area contributed by atoms with Gasteiger partial charge in [-0.2, -0.15) is 0 Å². The summed E-state index contributed by atoms with van der Waals surface area (Å²) < 4.78 is 15.0. The Kier molecular flexibility index (Phi) is 4.56. The number of rotatable bonds is 5. The summed E-state index contributed by atoms with van der Waals surface area (Å²) in [6.07, 6.45) is 5.26. The Morgan fingerprint density at radius 3 is 2.95 bits per heavy atom. The highest BCUT2D eigenvalue weighted by molar-refractivity contribution is 6.31. The van der Waals surface area contributed by atoms with Gasteiger partial charge in [0.2, 0.25) is 0 Å². The predicted molar refractivity (Wildman–Crippen MR) is 74.7 cm³/mol. The van der Waals surface area contributed by atoms with Gasteiger partial charge in [0.1, 0.15) is 11.6 Å². The van der Waals surface area contributed by atoms with Gasteiger partial charge in [-0.15, -0.1) is 0 Å². The Bertz CT molecular complexity index is 553. The zero-order valence-electron chi connectivity index (χ0n) is 10.8. The minimum Gasteiger partial charge on any atom is -0.330 e. The van der Waals surface area contributed by atoms with Gasteiger partial charge in [0.25, 0.3) is 0 Å². The van der Waals surface area contributed by atoms with Crippen molar-refractivity contribution in [2.45, 2.75) is 32.4 Å². The molecule has 1 aromatic heterocycles. The van der Waals surface area contributed by atoms with E-state index in [1.165, 1.54) is 12.1 Å². The molecule has 5 heteroatoms. The van der Waals surface area contributed by atoms with E-state index in [0.29, 0.717) is 11.6 Å². The smallest absolute Gasteiger partial charge is 0.124 e. The first-order valence-corrected chi connectivity index (χ1v) is 6.67. The first kappa shape index (κ1) is 14.0. The molecule has 1 aromatic carbocycles. The number of benzene rings is 1. The molecule has 0 aliphatic rings. The standard InChI is InChI=1S/C14H17ClFN3/c1-2-12(17)8-14-18-5-6-19(14)9-10-3-4-11(16)7-13(10)15/h3-7,12H,2,8-9,17H2,1H3. The highest BCUT2D eigenvalue weighted by Gasteiger charge is 2.09. The van der Waals surface area contributed by atoms with Crippen LogP contribution >= 0.6 is 11.6 Å².